The SMILES string of the molecule is CC(C)CC(NC(=O)C(Cc1ccc(O)cc1)NC(=O)C(N)CCCN=C(N)N)C(=O)NC(CO)C(=O)O. The van der Waals surface area contributed by atoms with Gasteiger partial charge < -0.3 is 48.5 Å². The Balaban J connectivity index is 3.06. The number of carbonyl (C=O) groups excluding carboxylic acids is 3. The van der Waals surface area contributed by atoms with Gasteiger partial charge in [-0.3, -0.25) is 19.4 Å². The van der Waals surface area contributed by atoms with Gasteiger partial charge in [0.15, 0.2) is 5.96 Å². The maximum Gasteiger partial charge on any atom is 0.328 e. The van der Waals surface area contributed by atoms with Crippen LogP contribution in [0.2, 0.25) is 0 Å². The molecule has 12 N–H and O–H groups in total. The van der Waals surface area contributed by atoms with E-state index in [0.717, 1.165) is 0 Å². The number of phenols is 1. The molecule has 4 atom stereocenters. The Morgan fingerprint density at radius 3 is 2.00 bits per heavy atom. The minimum absolute atomic E-state index is 0.0168. The number of aromatic hydroxyl groups is 1. The summed E-state index contributed by atoms with van der Waals surface area (Å²) in [6.45, 7) is 3.07. The number of nitrogens with two attached hydrogens (primary N) is 3. The highest BCUT2D eigenvalue weighted by molar-refractivity contribution is 5.94. The van der Waals surface area contributed by atoms with E-state index in [1.54, 1.807) is 12.1 Å². The van der Waals surface area contributed by atoms with Gasteiger partial charge in [-0.2, -0.15) is 0 Å². The molecule has 0 aliphatic rings. The molecule has 0 radical (unpaired) electrons. The first-order valence-electron chi connectivity index (χ1n) is 12.2. The van der Waals surface area contributed by atoms with Crippen molar-refractivity contribution >= 4 is 29.7 Å². The Labute approximate surface area is 221 Å². The number of nitrogens with zero attached hydrogens (tertiary/aromatic N) is 1. The zero-order chi connectivity index (χ0) is 28.8. The Bertz CT molecular complexity index is 965. The highest BCUT2D eigenvalue weighted by Gasteiger charge is 2.30. The van der Waals surface area contributed by atoms with E-state index in [1.807, 2.05) is 13.8 Å². The van der Waals surface area contributed by atoms with Gasteiger partial charge in [-0.1, -0.05) is 26.0 Å². The van der Waals surface area contributed by atoms with Crippen molar-refractivity contribution in [3.05, 3.63) is 29.8 Å². The van der Waals surface area contributed by atoms with Gasteiger partial charge in [0.2, 0.25) is 17.7 Å². The second kappa shape index (κ2) is 16.0. The molecular formula is C24H39N7O7. The molecule has 212 valence electrons. The van der Waals surface area contributed by atoms with Crippen LogP contribution in [-0.2, 0) is 25.6 Å². The Morgan fingerprint density at radius 1 is 0.921 bits per heavy atom. The smallest absolute Gasteiger partial charge is 0.328 e. The number of carboxylic acid groups (broad SMARTS) is 1. The van der Waals surface area contributed by atoms with Crippen molar-refractivity contribution in [2.45, 2.75) is 63.7 Å². The summed E-state index contributed by atoms with van der Waals surface area (Å²) in [5, 5.41) is 35.3. The average Bonchev–Trinajstić information content (AvgIpc) is 2.84. The lowest BCUT2D eigenvalue weighted by atomic mass is 10.0. The lowest BCUT2D eigenvalue weighted by Gasteiger charge is -2.26. The molecule has 4 unspecified atom stereocenters. The van der Waals surface area contributed by atoms with Crippen LogP contribution in [0.15, 0.2) is 29.3 Å². The number of aliphatic hydroxyl groups is 1. The van der Waals surface area contributed by atoms with Crippen molar-refractivity contribution in [2.24, 2.45) is 28.1 Å². The lowest BCUT2D eigenvalue weighted by Crippen LogP contribution is -2.58. The van der Waals surface area contributed by atoms with E-state index in [1.165, 1.54) is 12.1 Å². The molecule has 0 bridgehead atoms. The van der Waals surface area contributed by atoms with Gasteiger partial charge in [0, 0.05) is 13.0 Å². The first-order chi connectivity index (χ1) is 17.8. The summed E-state index contributed by atoms with van der Waals surface area (Å²) in [5.74, 6) is -3.65. The molecule has 0 saturated carbocycles. The van der Waals surface area contributed by atoms with E-state index in [4.69, 9.17) is 22.3 Å². The summed E-state index contributed by atoms with van der Waals surface area (Å²) in [7, 11) is 0. The Hall–Kier alpha value is -3.91. The van der Waals surface area contributed by atoms with Crippen LogP contribution in [0.1, 0.15) is 38.7 Å². The molecule has 1 rings (SSSR count). The van der Waals surface area contributed by atoms with Crippen LogP contribution in [0.3, 0.4) is 0 Å². The quantitative estimate of drug-likeness (QED) is 0.0630. The first-order valence-corrected chi connectivity index (χ1v) is 12.2. The van der Waals surface area contributed by atoms with Crippen LogP contribution in [-0.4, -0.2) is 82.3 Å². The number of phenolic OH excluding ortho intramolecular Hbond substituents is 1. The topological polar surface area (TPSA) is 255 Å². The number of nitrogens with one attached hydrogen (secondary N) is 3. The van der Waals surface area contributed by atoms with Crippen LogP contribution in [0.5, 0.6) is 5.75 Å². The monoisotopic (exact) mass is 537 g/mol. The number of hydrogen-bond donors (Lipinski definition) is 9. The lowest BCUT2D eigenvalue weighted by molar-refractivity contribution is -0.143. The molecule has 0 spiro atoms. The fourth-order valence-corrected chi connectivity index (χ4v) is 3.44. The van der Waals surface area contributed by atoms with E-state index < -0.39 is 54.5 Å². The zero-order valence-electron chi connectivity index (χ0n) is 21.6. The third-order valence-corrected chi connectivity index (χ3v) is 5.45. The second-order valence-electron chi connectivity index (χ2n) is 9.26. The second-order valence-corrected chi connectivity index (χ2v) is 9.26. The number of guanidine groups is 1. The molecule has 1 aromatic carbocycles. The van der Waals surface area contributed by atoms with Gasteiger partial charge in [-0.15, -0.1) is 0 Å². The third kappa shape index (κ3) is 11.9. The van der Waals surface area contributed by atoms with Crippen LogP contribution >= 0.6 is 0 Å². The molecule has 0 aliphatic heterocycles. The van der Waals surface area contributed by atoms with Crippen LogP contribution in [0, 0.1) is 5.92 Å². The number of hydrogen-bond acceptors (Lipinski definition) is 8. The van der Waals surface area contributed by atoms with E-state index in [2.05, 4.69) is 20.9 Å². The summed E-state index contributed by atoms with van der Waals surface area (Å²) in [6, 6.07) is 1.22. The molecule has 0 saturated heterocycles. The zero-order valence-corrected chi connectivity index (χ0v) is 21.6. The maximum absolute atomic E-state index is 13.3. The van der Waals surface area contributed by atoms with Crippen molar-refractivity contribution in [2.75, 3.05) is 13.2 Å². The van der Waals surface area contributed by atoms with Gasteiger partial charge in [0.05, 0.1) is 12.6 Å². The van der Waals surface area contributed by atoms with Crippen LogP contribution in [0.4, 0.5) is 0 Å². The average molecular weight is 538 g/mol. The number of aliphatic imine (C=N–C) groups is 1. The van der Waals surface area contributed by atoms with Crippen LogP contribution < -0.4 is 33.2 Å². The van der Waals surface area contributed by atoms with Gasteiger partial charge in [0.1, 0.15) is 23.9 Å². The van der Waals surface area contributed by atoms with Crippen molar-refractivity contribution in [1.82, 2.24) is 16.0 Å². The third-order valence-electron chi connectivity index (χ3n) is 5.45. The van der Waals surface area contributed by atoms with Gasteiger partial charge in [-0.25, -0.2) is 4.79 Å². The van der Waals surface area contributed by atoms with Gasteiger partial charge in [-0.05, 0) is 42.9 Å². The van der Waals surface area contributed by atoms with Gasteiger partial charge in [0.25, 0.3) is 0 Å². The molecular weight excluding hydrogens is 498 g/mol. The van der Waals surface area contributed by atoms with Crippen molar-refractivity contribution in [3.63, 3.8) is 0 Å². The summed E-state index contributed by atoms with van der Waals surface area (Å²) >= 11 is 0. The molecule has 14 nitrogen and oxygen atoms in total. The Morgan fingerprint density at radius 2 is 1.47 bits per heavy atom. The van der Waals surface area contributed by atoms with E-state index in [-0.39, 0.29) is 43.4 Å². The first kappa shape index (κ1) is 32.1. The predicted octanol–water partition coefficient (Wildman–Crippen LogP) is -2.11. The molecule has 0 aromatic heterocycles. The molecule has 38 heavy (non-hydrogen) atoms. The van der Waals surface area contributed by atoms with Crippen LogP contribution in [0.25, 0.3) is 0 Å². The minimum Gasteiger partial charge on any atom is -0.508 e. The summed E-state index contributed by atoms with van der Waals surface area (Å²) < 4.78 is 0. The maximum atomic E-state index is 13.3. The minimum atomic E-state index is -1.54. The van der Waals surface area contributed by atoms with E-state index in [9.17, 15) is 29.4 Å². The number of carbonyl (C=O) groups is 4. The van der Waals surface area contributed by atoms with Crippen molar-refractivity contribution < 1.29 is 34.5 Å². The Kier molecular flexibility index (Phi) is 13.6. The van der Waals surface area contributed by atoms with Crippen molar-refractivity contribution in [1.29, 1.82) is 0 Å². The number of aliphatic hydroxyl groups excluding tert-OH is 1. The summed E-state index contributed by atoms with van der Waals surface area (Å²) in [6.07, 6.45) is 0.850. The van der Waals surface area contributed by atoms with E-state index in [0.29, 0.717) is 12.0 Å². The predicted molar refractivity (Wildman–Crippen MR) is 140 cm³/mol. The normalized spacial score (nSPS) is 14.0. The number of carboxylic acids is 1. The summed E-state index contributed by atoms with van der Waals surface area (Å²) in [4.78, 5) is 53.9. The number of amides is 3. The summed E-state index contributed by atoms with van der Waals surface area (Å²) in [5.41, 5.74) is 17.1. The largest absolute Gasteiger partial charge is 0.508 e. The number of aliphatic carboxylic acids is 1. The van der Waals surface area contributed by atoms with Gasteiger partial charge >= 0.3 is 5.97 Å². The van der Waals surface area contributed by atoms with E-state index >= 15 is 0 Å². The highest BCUT2D eigenvalue weighted by Crippen LogP contribution is 2.13. The molecule has 14 heteroatoms. The fraction of sp³-hybridized carbons (Fsp3) is 0.542. The molecule has 0 heterocycles. The highest BCUT2D eigenvalue weighted by atomic mass is 16.4. The number of benzene rings is 1. The molecule has 3 amide bonds. The molecule has 1 aromatic rings. The molecule has 0 aliphatic carbocycles. The standard InChI is InChI=1S/C24H39N7O7/c1-13(2)10-17(21(35)31-19(12-32)23(37)38)30-22(36)18(11-14-5-7-15(33)8-6-14)29-20(34)16(25)4-3-9-28-24(26)27/h5-8,13,16-19,32-33H,3-4,9-12,25H2,1-2H3,(H,29,34)(H,30,36)(H,31,35)(H,37,38)(H4,26,27,28). The molecule has 0 fully saturated rings. The van der Waals surface area contributed by atoms with Crippen molar-refractivity contribution in [3.8, 4) is 5.75 Å². The fourth-order valence-electron chi connectivity index (χ4n) is 3.44. The number of rotatable bonds is 16.